The number of nitrogens with zero attached hydrogens (tertiary/aromatic N) is 3. The maximum atomic E-state index is 11.6. The van der Waals surface area contributed by atoms with E-state index in [9.17, 15) is 4.79 Å². The number of hydrogen-bond donors (Lipinski definition) is 2. The van der Waals surface area contributed by atoms with Gasteiger partial charge in [-0.25, -0.2) is 9.78 Å². The van der Waals surface area contributed by atoms with Crippen molar-refractivity contribution in [3.05, 3.63) is 10.7 Å². The quantitative estimate of drug-likeness (QED) is 0.860. The molecule has 0 saturated carbocycles. The number of halogens is 1. The van der Waals surface area contributed by atoms with Crippen LogP contribution in [0, 0.1) is 0 Å². The molecule has 1 saturated heterocycles. The fraction of sp³-hybridized carbons (Fsp3) is 0.615. The average molecular weight is 358 g/mol. The molecule has 0 radical (unpaired) electrons. The van der Waals surface area contributed by atoms with Crippen molar-refractivity contribution in [3.8, 4) is 0 Å². The number of carbonyl (C=O) groups is 1. The van der Waals surface area contributed by atoms with Crippen LogP contribution in [0.3, 0.4) is 0 Å². The molecule has 0 aliphatic carbocycles. The second-order valence-electron chi connectivity index (χ2n) is 4.74. The third-order valence-corrected chi connectivity index (χ3v) is 3.91. The van der Waals surface area contributed by atoms with E-state index in [2.05, 4.69) is 36.5 Å². The molecule has 116 valence electrons. The molecule has 2 N–H and O–H groups in total. The Labute approximate surface area is 132 Å². The van der Waals surface area contributed by atoms with E-state index in [1.165, 1.54) is 0 Å². The number of carbonyl (C=O) groups excluding carboxylic acids is 1. The van der Waals surface area contributed by atoms with Crippen molar-refractivity contribution >= 4 is 33.8 Å². The van der Waals surface area contributed by atoms with Gasteiger partial charge in [0, 0.05) is 32.4 Å². The lowest BCUT2D eigenvalue weighted by molar-refractivity contribution is 0.0983. The van der Waals surface area contributed by atoms with E-state index in [0.717, 1.165) is 23.1 Å². The number of anilines is 2. The summed E-state index contributed by atoms with van der Waals surface area (Å²) in [6.07, 6.45) is 3.22. The minimum atomic E-state index is -0.225. The smallest absolute Gasteiger partial charge is 0.409 e. The normalized spacial score (nSPS) is 15.7. The van der Waals surface area contributed by atoms with Crippen LogP contribution in [-0.2, 0) is 4.74 Å². The monoisotopic (exact) mass is 357 g/mol. The zero-order valence-electron chi connectivity index (χ0n) is 12.2. The highest BCUT2D eigenvalue weighted by Crippen LogP contribution is 2.23. The lowest BCUT2D eigenvalue weighted by Crippen LogP contribution is -2.42. The molecule has 1 aliphatic rings. The van der Waals surface area contributed by atoms with Crippen molar-refractivity contribution in [1.29, 1.82) is 0 Å². The Morgan fingerprint density at radius 1 is 1.52 bits per heavy atom. The second kappa shape index (κ2) is 7.44. The molecule has 1 amide bonds. The zero-order chi connectivity index (χ0) is 15.2. The molecule has 1 aliphatic heterocycles. The van der Waals surface area contributed by atoms with Crippen LogP contribution in [0.1, 0.15) is 19.8 Å². The summed E-state index contributed by atoms with van der Waals surface area (Å²) >= 11 is 3.44. The first-order valence-corrected chi connectivity index (χ1v) is 7.81. The van der Waals surface area contributed by atoms with Crippen LogP contribution < -0.4 is 10.6 Å². The van der Waals surface area contributed by atoms with Gasteiger partial charge < -0.3 is 20.3 Å². The SMILES string of the molecule is CCOC(=O)N1CCC(Nc2nc(NC)ncc2Br)CC1. The summed E-state index contributed by atoms with van der Waals surface area (Å²) in [7, 11) is 1.78. The van der Waals surface area contributed by atoms with Gasteiger partial charge in [0.25, 0.3) is 0 Å². The standard InChI is InChI=1S/C13H20BrN5O2/c1-3-21-13(20)19-6-4-9(5-7-19)17-11-10(14)8-16-12(15-2)18-11/h8-9H,3-7H2,1-2H3,(H2,15,16,17,18). The molecule has 1 aromatic rings. The van der Waals surface area contributed by atoms with Gasteiger partial charge in [-0.2, -0.15) is 4.98 Å². The second-order valence-corrected chi connectivity index (χ2v) is 5.60. The molecule has 8 heteroatoms. The number of likely N-dealkylation sites (tertiary alicyclic amines) is 1. The molecule has 0 unspecified atom stereocenters. The molecule has 0 spiro atoms. The summed E-state index contributed by atoms with van der Waals surface area (Å²) in [5, 5.41) is 6.31. The molecule has 7 nitrogen and oxygen atoms in total. The minimum absolute atomic E-state index is 0.225. The Kier molecular flexibility index (Phi) is 5.60. The molecule has 1 aromatic heterocycles. The summed E-state index contributed by atoms with van der Waals surface area (Å²) in [5.41, 5.74) is 0. The van der Waals surface area contributed by atoms with Crippen LogP contribution in [0.25, 0.3) is 0 Å². The largest absolute Gasteiger partial charge is 0.450 e. The predicted octanol–water partition coefficient (Wildman–Crippen LogP) is 2.31. The number of aromatic nitrogens is 2. The third kappa shape index (κ3) is 4.20. The summed E-state index contributed by atoms with van der Waals surface area (Å²) in [6, 6.07) is 0.284. The van der Waals surface area contributed by atoms with Crippen molar-refractivity contribution in [2.45, 2.75) is 25.8 Å². The predicted molar refractivity (Wildman–Crippen MR) is 84.5 cm³/mol. The van der Waals surface area contributed by atoms with E-state index in [0.29, 0.717) is 25.6 Å². The summed E-state index contributed by atoms with van der Waals surface area (Å²) in [5.74, 6) is 1.34. The maximum absolute atomic E-state index is 11.6. The van der Waals surface area contributed by atoms with Crippen LogP contribution in [0.15, 0.2) is 10.7 Å². The Hall–Kier alpha value is -1.57. The van der Waals surface area contributed by atoms with Gasteiger partial charge in [0.2, 0.25) is 5.95 Å². The zero-order valence-corrected chi connectivity index (χ0v) is 13.8. The Morgan fingerprint density at radius 2 is 2.24 bits per heavy atom. The molecule has 2 rings (SSSR count). The number of piperidine rings is 1. The van der Waals surface area contributed by atoms with E-state index >= 15 is 0 Å². The molecule has 2 heterocycles. The van der Waals surface area contributed by atoms with Gasteiger partial charge in [-0.15, -0.1) is 0 Å². The number of rotatable bonds is 4. The summed E-state index contributed by atoms with van der Waals surface area (Å²) in [4.78, 5) is 21.9. The van der Waals surface area contributed by atoms with Crippen LogP contribution in [-0.4, -0.2) is 53.7 Å². The summed E-state index contributed by atoms with van der Waals surface area (Å²) < 4.78 is 5.84. The van der Waals surface area contributed by atoms with Gasteiger partial charge in [-0.05, 0) is 35.7 Å². The molecule has 0 aromatic carbocycles. The highest BCUT2D eigenvalue weighted by atomic mass is 79.9. The Morgan fingerprint density at radius 3 is 2.86 bits per heavy atom. The van der Waals surface area contributed by atoms with Gasteiger partial charge in [0.15, 0.2) is 0 Å². The van der Waals surface area contributed by atoms with E-state index in [-0.39, 0.29) is 12.1 Å². The first-order valence-electron chi connectivity index (χ1n) is 7.02. The minimum Gasteiger partial charge on any atom is -0.450 e. The van der Waals surface area contributed by atoms with Crippen molar-refractivity contribution in [2.75, 3.05) is 37.4 Å². The van der Waals surface area contributed by atoms with Gasteiger partial charge in [-0.1, -0.05) is 0 Å². The molecule has 21 heavy (non-hydrogen) atoms. The number of hydrogen-bond acceptors (Lipinski definition) is 6. The maximum Gasteiger partial charge on any atom is 0.409 e. The first-order chi connectivity index (χ1) is 10.1. The van der Waals surface area contributed by atoms with Gasteiger partial charge >= 0.3 is 6.09 Å². The molecule has 0 atom stereocenters. The van der Waals surface area contributed by atoms with Crippen molar-refractivity contribution < 1.29 is 9.53 Å². The molecule has 0 bridgehead atoms. The lowest BCUT2D eigenvalue weighted by atomic mass is 10.1. The first kappa shape index (κ1) is 15.8. The summed E-state index contributed by atoms with van der Waals surface area (Å²) in [6.45, 7) is 3.62. The van der Waals surface area contributed by atoms with E-state index < -0.39 is 0 Å². The third-order valence-electron chi connectivity index (χ3n) is 3.33. The van der Waals surface area contributed by atoms with Crippen LogP contribution in [0.4, 0.5) is 16.6 Å². The molecular formula is C13H20BrN5O2. The van der Waals surface area contributed by atoms with E-state index in [1.807, 2.05) is 6.92 Å². The van der Waals surface area contributed by atoms with Crippen LogP contribution in [0.5, 0.6) is 0 Å². The number of nitrogens with one attached hydrogen (secondary N) is 2. The molecular weight excluding hydrogens is 338 g/mol. The van der Waals surface area contributed by atoms with Crippen molar-refractivity contribution in [3.63, 3.8) is 0 Å². The number of amides is 1. The Bertz CT molecular complexity index is 491. The van der Waals surface area contributed by atoms with Gasteiger partial charge in [-0.3, -0.25) is 0 Å². The van der Waals surface area contributed by atoms with Crippen LogP contribution >= 0.6 is 15.9 Å². The van der Waals surface area contributed by atoms with Gasteiger partial charge in [0.1, 0.15) is 5.82 Å². The fourth-order valence-corrected chi connectivity index (χ4v) is 2.51. The lowest BCUT2D eigenvalue weighted by Gasteiger charge is -2.32. The van der Waals surface area contributed by atoms with E-state index in [1.54, 1.807) is 18.1 Å². The van der Waals surface area contributed by atoms with E-state index in [4.69, 9.17) is 4.74 Å². The highest BCUT2D eigenvalue weighted by Gasteiger charge is 2.24. The average Bonchev–Trinajstić information content (AvgIpc) is 2.50. The van der Waals surface area contributed by atoms with Crippen molar-refractivity contribution in [1.82, 2.24) is 14.9 Å². The Balaban J connectivity index is 1.90. The number of ether oxygens (including phenoxy) is 1. The highest BCUT2D eigenvalue weighted by molar-refractivity contribution is 9.10. The molecule has 1 fully saturated rings. The van der Waals surface area contributed by atoms with Crippen molar-refractivity contribution in [2.24, 2.45) is 0 Å². The van der Waals surface area contributed by atoms with Gasteiger partial charge in [0.05, 0.1) is 11.1 Å². The topological polar surface area (TPSA) is 79.4 Å². The van der Waals surface area contributed by atoms with Crippen LogP contribution in [0.2, 0.25) is 0 Å². The fourth-order valence-electron chi connectivity index (χ4n) is 2.20.